The van der Waals surface area contributed by atoms with Gasteiger partial charge in [-0.15, -0.1) is 11.3 Å². The molecule has 0 radical (unpaired) electrons. The standard InChI is InChI=1S/C20H19N3OS2/c1-14(15-6-3-2-4-7-15)22-12-23-19(24)10-16(18-8-5-9-25-18)17(11-21)20(23)26-13-22/h2-9,14,16H,10,12-13H2,1H3/t14-,16-/m1/s1. The molecular weight excluding hydrogens is 362 g/mol. The third kappa shape index (κ3) is 3.07. The van der Waals surface area contributed by atoms with Crippen LogP contribution in [-0.4, -0.2) is 28.3 Å². The minimum absolute atomic E-state index is 0.0932. The van der Waals surface area contributed by atoms with Gasteiger partial charge in [-0.25, -0.2) is 0 Å². The lowest BCUT2D eigenvalue weighted by Gasteiger charge is -2.43. The second kappa shape index (κ2) is 7.28. The van der Waals surface area contributed by atoms with Gasteiger partial charge in [0.1, 0.15) is 0 Å². The molecule has 1 aromatic heterocycles. The number of allylic oxidation sites excluding steroid dienone is 1. The summed E-state index contributed by atoms with van der Waals surface area (Å²) in [5, 5.41) is 12.6. The van der Waals surface area contributed by atoms with E-state index in [1.807, 2.05) is 35.7 Å². The van der Waals surface area contributed by atoms with Gasteiger partial charge in [0.05, 0.1) is 29.2 Å². The van der Waals surface area contributed by atoms with Crippen molar-refractivity contribution in [3.8, 4) is 6.07 Å². The van der Waals surface area contributed by atoms with Crippen molar-refractivity contribution >= 4 is 29.0 Å². The summed E-state index contributed by atoms with van der Waals surface area (Å²) >= 11 is 3.23. The van der Waals surface area contributed by atoms with Crippen LogP contribution in [-0.2, 0) is 4.79 Å². The van der Waals surface area contributed by atoms with Crippen LogP contribution >= 0.6 is 23.1 Å². The molecule has 1 saturated heterocycles. The highest BCUT2D eigenvalue weighted by molar-refractivity contribution is 8.03. The van der Waals surface area contributed by atoms with Crippen LogP contribution in [0.4, 0.5) is 0 Å². The van der Waals surface area contributed by atoms with E-state index in [9.17, 15) is 10.1 Å². The lowest BCUT2D eigenvalue weighted by Crippen LogP contribution is -2.47. The molecule has 0 unspecified atom stereocenters. The predicted molar refractivity (Wildman–Crippen MR) is 105 cm³/mol. The highest BCUT2D eigenvalue weighted by Crippen LogP contribution is 2.44. The van der Waals surface area contributed by atoms with Gasteiger partial charge in [0.15, 0.2) is 0 Å². The Bertz CT molecular complexity index is 870. The number of benzene rings is 1. The fourth-order valence-corrected chi connectivity index (χ4v) is 5.58. The maximum atomic E-state index is 12.8. The molecule has 2 aliphatic heterocycles. The topological polar surface area (TPSA) is 47.3 Å². The van der Waals surface area contributed by atoms with Gasteiger partial charge in [-0.1, -0.05) is 48.2 Å². The zero-order chi connectivity index (χ0) is 18.1. The Hall–Kier alpha value is -2.07. The molecule has 2 aromatic rings. The van der Waals surface area contributed by atoms with E-state index in [0.29, 0.717) is 13.1 Å². The Balaban J connectivity index is 1.61. The van der Waals surface area contributed by atoms with E-state index in [0.717, 1.165) is 21.4 Å². The molecule has 132 valence electrons. The maximum absolute atomic E-state index is 12.8. The van der Waals surface area contributed by atoms with Crippen molar-refractivity contribution in [1.82, 2.24) is 9.80 Å². The van der Waals surface area contributed by atoms with Crippen molar-refractivity contribution in [3.63, 3.8) is 0 Å². The van der Waals surface area contributed by atoms with Gasteiger partial charge < -0.3 is 0 Å². The Morgan fingerprint density at radius 1 is 1.23 bits per heavy atom. The first-order valence-corrected chi connectivity index (χ1v) is 10.5. The highest BCUT2D eigenvalue weighted by Gasteiger charge is 2.39. The van der Waals surface area contributed by atoms with Crippen molar-refractivity contribution in [2.24, 2.45) is 0 Å². The van der Waals surface area contributed by atoms with E-state index in [4.69, 9.17) is 0 Å². The second-order valence-corrected chi connectivity index (χ2v) is 8.43. The Kier molecular flexibility index (Phi) is 4.86. The lowest BCUT2D eigenvalue weighted by molar-refractivity contribution is -0.132. The summed E-state index contributed by atoms with van der Waals surface area (Å²) in [5.74, 6) is 0.788. The minimum atomic E-state index is -0.0932. The number of hydrogen-bond acceptors (Lipinski definition) is 5. The molecule has 26 heavy (non-hydrogen) atoms. The smallest absolute Gasteiger partial charge is 0.229 e. The number of carbonyl (C=O) groups is 1. The van der Waals surface area contributed by atoms with Crippen LogP contribution in [0, 0.1) is 11.3 Å². The molecule has 0 N–H and O–H groups in total. The zero-order valence-corrected chi connectivity index (χ0v) is 16.1. The van der Waals surface area contributed by atoms with Crippen LogP contribution in [0.5, 0.6) is 0 Å². The van der Waals surface area contributed by atoms with E-state index in [2.05, 4.69) is 30.0 Å². The van der Waals surface area contributed by atoms with E-state index < -0.39 is 0 Å². The van der Waals surface area contributed by atoms with Gasteiger partial charge in [0.2, 0.25) is 5.91 Å². The average Bonchev–Trinajstić information content (AvgIpc) is 3.22. The van der Waals surface area contributed by atoms with E-state index in [-0.39, 0.29) is 17.9 Å². The fraction of sp³-hybridized carbons (Fsp3) is 0.300. The predicted octanol–water partition coefficient (Wildman–Crippen LogP) is 4.52. The summed E-state index contributed by atoms with van der Waals surface area (Å²) < 4.78 is 0. The van der Waals surface area contributed by atoms with Crippen molar-refractivity contribution < 1.29 is 4.79 Å². The molecule has 2 atom stereocenters. The van der Waals surface area contributed by atoms with Crippen LogP contribution in [0.2, 0.25) is 0 Å². The van der Waals surface area contributed by atoms with E-state index in [1.165, 1.54) is 5.56 Å². The number of amides is 1. The van der Waals surface area contributed by atoms with Crippen LogP contribution in [0.25, 0.3) is 0 Å². The van der Waals surface area contributed by atoms with Gasteiger partial charge >= 0.3 is 0 Å². The summed E-state index contributed by atoms with van der Waals surface area (Å²) in [4.78, 5) is 18.0. The Morgan fingerprint density at radius 3 is 2.73 bits per heavy atom. The first-order valence-electron chi connectivity index (χ1n) is 8.59. The minimum Gasteiger partial charge on any atom is -0.292 e. The summed E-state index contributed by atoms with van der Waals surface area (Å²) in [6.07, 6.45) is 0.376. The summed E-state index contributed by atoms with van der Waals surface area (Å²) in [7, 11) is 0. The number of thioether (sulfide) groups is 1. The number of thiophene rings is 1. The normalized spacial score (nSPS) is 22.1. The Morgan fingerprint density at radius 2 is 2.04 bits per heavy atom. The number of nitrogens with zero attached hydrogens (tertiary/aromatic N) is 3. The third-order valence-corrected chi connectivity index (χ3v) is 7.19. The number of fused-ring (bicyclic) bond motifs is 1. The summed E-state index contributed by atoms with van der Waals surface area (Å²) in [5.41, 5.74) is 1.98. The first kappa shape index (κ1) is 17.3. The fourth-order valence-electron chi connectivity index (χ4n) is 3.49. The highest BCUT2D eigenvalue weighted by atomic mass is 32.2. The molecule has 4 nitrogen and oxygen atoms in total. The largest absolute Gasteiger partial charge is 0.292 e. The van der Waals surface area contributed by atoms with Crippen molar-refractivity contribution in [2.45, 2.75) is 25.3 Å². The van der Waals surface area contributed by atoms with Gasteiger partial charge in [-0.3, -0.25) is 14.6 Å². The van der Waals surface area contributed by atoms with Gasteiger partial charge in [0, 0.05) is 23.3 Å². The van der Waals surface area contributed by atoms with Crippen LogP contribution in [0.1, 0.15) is 35.7 Å². The monoisotopic (exact) mass is 381 g/mol. The molecule has 1 fully saturated rings. The number of hydrogen-bond donors (Lipinski definition) is 0. The average molecular weight is 382 g/mol. The van der Waals surface area contributed by atoms with Gasteiger partial charge in [-0.2, -0.15) is 5.26 Å². The molecule has 0 spiro atoms. The quantitative estimate of drug-likeness (QED) is 0.784. The molecule has 4 rings (SSSR count). The van der Waals surface area contributed by atoms with E-state index >= 15 is 0 Å². The van der Waals surface area contributed by atoms with Crippen molar-refractivity contribution in [2.75, 3.05) is 12.5 Å². The lowest BCUT2D eigenvalue weighted by atomic mass is 9.92. The SMILES string of the molecule is C[C@H](c1ccccc1)N1CSC2=C(C#N)[C@H](c3cccs3)CC(=O)N2C1. The molecule has 0 bridgehead atoms. The zero-order valence-electron chi connectivity index (χ0n) is 14.5. The van der Waals surface area contributed by atoms with Gasteiger partial charge in [-0.05, 0) is 23.9 Å². The summed E-state index contributed by atoms with van der Waals surface area (Å²) in [6.45, 7) is 2.71. The van der Waals surface area contributed by atoms with Crippen LogP contribution in [0.3, 0.4) is 0 Å². The third-order valence-electron chi connectivity index (χ3n) is 5.03. The first-order chi connectivity index (χ1) is 12.7. The molecule has 1 aromatic carbocycles. The number of carbonyl (C=O) groups excluding carboxylic acids is 1. The van der Waals surface area contributed by atoms with E-state index in [1.54, 1.807) is 28.0 Å². The maximum Gasteiger partial charge on any atom is 0.229 e. The molecule has 2 aliphatic rings. The Labute approximate surface area is 161 Å². The van der Waals surface area contributed by atoms with Crippen LogP contribution in [0.15, 0.2) is 58.4 Å². The molecule has 0 saturated carbocycles. The molecular formula is C20H19N3OS2. The molecule has 3 heterocycles. The molecule has 0 aliphatic carbocycles. The molecule has 6 heteroatoms. The number of rotatable bonds is 3. The summed E-state index contributed by atoms with van der Waals surface area (Å²) in [6, 6.07) is 16.9. The molecule has 1 amide bonds. The van der Waals surface area contributed by atoms with Crippen LogP contribution < -0.4 is 0 Å². The van der Waals surface area contributed by atoms with Crippen molar-refractivity contribution in [1.29, 1.82) is 5.26 Å². The second-order valence-electron chi connectivity index (χ2n) is 6.51. The van der Waals surface area contributed by atoms with Gasteiger partial charge in [0.25, 0.3) is 0 Å². The van der Waals surface area contributed by atoms with Crippen molar-refractivity contribution in [3.05, 3.63) is 68.9 Å². The number of nitriles is 1.